The fourth-order valence-corrected chi connectivity index (χ4v) is 4.59. The SMILES string of the molecule is Cc1csc(CN(C)c2ccc(S(C)(=O)=O)cc2S(C)(=O)=O)n1. The van der Waals surface area contributed by atoms with Gasteiger partial charge < -0.3 is 4.90 Å². The summed E-state index contributed by atoms with van der Waals surface area (Å²) in [6.07, 6.45) is 2.12. The summed E-state index contributed by atoms with van der Waals surface area (Å²) in [5, 5.41) is 2.78. The summed E-state index contributed by atoms with van der Waals surface area (Å²) in [4.78, 5) is 6.09. The van der Waals surface area contributed by atoms with Crippen LogP contribution < -0.4 is 4.90 Å². The van der Waals surface area contributed by atoms with E-state index < -0.39 is 19.7 Å². The Balaban J connectivity index is 2.49. The van der Waals surface area contributed by atoms with Crippen LogP contribution in [0.5, 0.6) is 0 Å². The molecular formula is C14H18N2O4S3. The molecule has 0 aliphatic rings. The molecule has 0 radical (unpaired) electrons. The standard InChI is InChI=1S/C14H18N2O4S3/c1-10-9-21-14(15-10)8-16(2)12-6-5-11(22(3,17)18)7-13(12)23(4,19)20/h5-7,9H,8H2,1-4H3. The molecule has 6 nitrogen and oxygen atoms in total. The average molecular weight is 375 g/mol. The van der Waals surface area contributed by atoms with Gasteiger partial charge in [0.2, 0.25) is 0 Å². The van der Waals surface area contributed by atoms with Gasteiger partial charge >= 0.3 is 0 Å². The molecule has 0 fully saturated rings. The summed E-state index contributed by atoms with van der Waals surface area (Å²) in [7, 11) is -5.30. The third-order valence-corrected chi connectivity index (χ3v) is 6.40. The molecule has 0 aliphatic carbocycles. The van der Waals surface area contributed by atoms with E-state index in [2.05, 4.69) is 4.98 Å². The molecule has 0 aliphatic heterocycles. The third kappa shape index (κ3) is 4.30. The van der Waals surface area contributed by atoms with Gasteiger partial charge in [0.1, 0.15) is 5.01 Å². The van der Waals surface area contributed by atoms with Crippen LogP contribution in [0.25, 0.3) is 0 Å². The zero-order chi connectivity index (χ0) is 17.4. The van der Waals surface area contributed by atoms with Crippen molar-refractivity contribution >= 4 is 36.7 Å². The molecule has 1 aromatic heterocycles. The summed E-state index contributed by atoms with van der Waals surface area (Å²) in [6, 6.07) is 4.15. The first-order valence-electron chi connectivity index (χ1n) is 6.65. The van der Waals surface area contributed by atoms with Crippen molar-refractivity contribution in [3.63, 3.8) is 0 Å². The average Bonchev–Trinajstić information content (AvgIpc) is 2.81. The second-order valence-corrected chi connectivity index (χ2v) is 10.4. The van der Waals surface area contributed by atoms with Gasteiger partial charge in [0.15, 0.2) is 19.7 Å². The molecule has 23 heavy (non-hydrogen) atoms. The van der Waals surface area contributed by atoms with E-state index >= 15 is 0 Å². The number of hydrogen-bond acceptors (Lipinski definition) is 7. The molecule has 9 heteroatoms. The molecule has 0 atom stereocenters. The maximum atomic E-state index is 12.1. The number of anilines is 1. The molecule has 2 rings (SSSR count). The van der Waals surface area contributed by atoms with Crippen LogP contribution in [0.3, 0.4) is 0 Å². The zero-order valence-corrected chi connectivity index (χ0v) is 15.7. The Labute approximate surface area is 140 Å². The highest BCUT2D eigenvalue weighted by atomic mass is 32.2. The minimum atomic E-state index is -3.57. The summed E-state index contributed by atoms with van der Waals surface area (Å²) in [5.74, 6) is 0. The van der Waals surface area contributed by atoms with Gasteiger partial charge in [-0.15, -0.1) is 11.3 Å². The lowest BCUT2D eigenvalue weighted by molar-refractivity contribution is 0.600. The van der Waals surface area contributed by atoms with Crippen molar-refractivity contribution in [2.75, 3.05) is 24.5 Å². The van der Waals surface area contributed by atoms with Gasteiger partial charge in [-0.3, -0.25) is 0 Å². The van der Waals surface area contributed by atoms with Crippen LogP contribution in [0.2, 0.25) is 0 Å². The number of aromatic nitrogens is 1. The van der Waals surface area contributed by atoms with Crippen LogP contribution in [0, 0.1) is 6.92 Å². The van der Waals surface area contributed by atoms with E-state index in [4.69, 9.17) is 0 Å². The van der Waals surface area contributed by atoms with Gasteiger partial charge in [-0.2, -0.15) is 0 Å². The van der Waals surface area contributed by atoms with Crippen LogP contribution >= 0.6 is 11.3 Å². The molecule has 2 aromatic rings. The Morgan fingerprint density at radius 1 is 1.13 bits per heavy atom. The fraction of sp³-hybridized carbons (Fsp3) is 0.357. The van der Waals surface area contributed by atoms with E-state index in [1.165, 1.54) is 29.5 Å². The predicted molar refractivity (Wildman–Crippen MR) is 91.6 cm³/mol. The lowest BCUT2D eigenvalue weighted by Crippen LogP contribution is -2.19. The summed E-state index contributed by atoms with van der Waals surface area (Å²) >= 11 is 1.50. The van der Waals surface area contributed by atoms with Gasteiger partial charge in [-0.25, -0.2) is 21.8 Å². The second kappa shape index (κ2) is 6.21. The Morgan fingerprint density at radius 2 is 1.78 bits per heavy atom. The van der Waals surface area contributed by atoms with Gasteiger partial charge in [0.25, 0.3) is 0 Å². The van der Waals surface area contributed by atoms with Crippen molar-refractivity contribution in [1.82, 2.24) is 4.98 Å². The predicted octanol–water partition coefficient (Wildman–Crippen LogP) is 1.89. The molecule has 0 unspecified atom stereocenters. The minimum Gasteiger partial charge on any atom is -0.367 e. The maximum absolute atomic E-state index is 12.1. The van der Waals surface area contributed by atoms with Crippen molar-refractivity contribution < 1.29 is 16.8 Å². The highest BCUT2D eigenvalue weighted by Gasteiger charge is 2.20. The minimum absolute atomic E-state index is 0.00352. The topological polar surface area (TPSA) is 84.4 Å². The highest BCUT2D eigenvalue weighted by molar-refractivity contribution is 7.91. The first kappa shape index (κ1) is 17.9. The highest BCUT2D eigenvalue weighted by Crippen LogP contribution is 2.29. The molecule has 1 aromatic carbocycles. The molecule has 126 valence electrons. The number of benzene rings is 1. The smallest absolute Gasteiger partial charge is 0.177 e. The Kier molecular flexibility index (Phi) is 4.84. The number of nitrogens with zero attached hydrogens (tertiary/aromatic N) is 2. The monoisotopic (exact) mass is 374 g/mol. The van der Waals surface area contributed by atoms with Crippen molar-refractivity contribution in [1.29, 1.82) is 0 Å². The normalized spacial score (nSPS) is 12.3. The number of thiazole rings is 1. The van der Waals surface area contributed by atoms with Gasteiger partial charge in [0, 0.05) is 30.6 Å². The summed E-state index contributed by atoms with van der Waals surface area (Å²) in [5.41, 5.74) is 1.36. The molecule has 0 N–H and O–H groups in total. The molecule has 1 heterocycles. The number of rotatable bonds is 5. The lowest BCUT2D eigenvalue weighted by Gasteiger charge is -2.21. The number of aryl methyl sites for hydroxylation is 1. The van der Waals surface area contributed by atoms with Gasteiger partial charge in [-0.1, -0.05) is 0 Å². The number of hydrogen-bond donors (Lipinski definition) is 0. The van der Waals surface area contributed by atoms with E-state index in [9.17, 15) is 16.8 Å². The first-order valence-corrected chi connectivity index (χ1v) is 11.3. The second-order valence-electron chi connectivity index (χ2n) is 5.41. The molecule has 0 saturated carbocycles. The lowest BCUT2D eigenvalue weighted by atomic mass is 10.3. The van der Waals surface area contributed by atoms with Crippen LogP contribution in [0.1, 0.15) is 10.7 Å². The molecule has 0 amide bonds. The Morgan fingerprint density at radius 3 is 2.26 bits per heavy atom. The van der Waals surface area contributed by atoms with Crippen molar-refractivity contribution in [2.45, 2.75) is 23.3 Å². The van der Waals surface area contributed by atoms with Crippen LogP contribution in [0.15, 0.2) is 33.4 Å². The summed E-state index contributed by atoms with van der Waals surface area (Å²) in [6.45, 7) is 2.34. The largest absolute Gasteiger partial charge is 0.367 e. The van der Waals surface area contributed by atoms with E-state index in [1.54, 1.807) is 11.9 Å². The van der Waals surface area contributed by atoms with Crippen LogP contribution in [-0.4, -0.2) is 41.4 Å². The van der Waals surface area contributed by atoms with E-state index in [-0.39, 0.29) is 9.79 Å². The Bertz CT molecular complexity index is 931. The zero-order valence-electron chi connectivity index (χ0n) is 13.3. The molecular weight excluding hydrogens is 356 g/mol. The van der Waals surface area contributed by atoms with E-state index in [0.29, 0.717) is 12.2 Å². The first-order chi connectivity index (χ1) is 10.5. The fourth-order valence-electron chi connectivity index (χ4n) is 2.10. The van der Waals surface area contributed by atoms with Gasteiger partial charge in [-0.05, 0) is 25.1 Å². The van der Waals surface area contributed by atoms with E-state index in [1.807, 2.05) is 12.3 Å². The Hall–Kier alpha value is -1.45. The summed E-state index contributed by atoms with van der Waals surface area (Å²) < 4.78 is 47.5. The van der Waals surface area contributed by atoms with Crippen molar-refractivity contribution in [3.8, 4) is 0 Å². The molecule has 0 saturated heterocycles. The maximum Gasteiger partial charge on any atom is 0.177 e. The number of sulfone groups is 2. The van der Waals surface area contributed by atoms with Crippen LogP contribution in [-0.2, 0) is 26.2 Å². The van der Waals surface area contributed by atoms with Crippen molar-refractivity contribution in [2.24, 2.45) is 0 Å². The molecule has 0 spiro atoms. The quantitative estimate of drug-likeness (QED) is 0.795. The van der Waals surface area contributed by atoms with Crippen molar-refractivity contribution in [3.05, 3.63) is 34.3 Å². The third-order valence-electron chi connectivity index (χ3n) is 3.21. The van der Waals surface area contributed by atoms with E-state index in [0.717, 1.165) is 23.2 Å². The molecule has 0 bridgehead atoms. The van der Waals surface area contributed by atoms with Crippen LogP contribution in [0.4, 0.5) is 5.69 Å². The van der Waals surface area contributed by atoms with Gasteiger partial charge in [0.05, 0.1) is 22.0 Å².